The molecule has 75 heavy (non-hydrogen) atoms. The van der Waals surface area contributed by atoms with E-state index in [4.69, 9.17) is 4.42 Å². The molecule has 0 fully saturated rings. The number of benzene rings is 12. The molecule has 1 heterocycles. The molecule has 1 aliphatic rings. The van der Waals surface area contributed by atoms with Gasteiger partial charge in [-0.2, -0.15) is 0 Å². The molecule has 0 aliphatic heterocycles. The van der Waals surface area contributed by atoms with Crippen LogP contribution < -0.4 is 25.9 Å². The van der Waals surface area contributed by atoms with Gasteiger partial charge >= 0.3 is 0 Å². The van der Waals surface area contributed by atoms with Gasteiger partial charge in [0.25, 0.3) is 0 Å². The van der Waals surface area contributed by atoms with Gasteiger partial charge in [-0.3, -0.25) is 0 Å². The van der Waals surface area contributed by atoms with Crippen LogP contribution in [0.4, 0.5) is 0 Å². The third-order valence-corrected chi connectivity index (χ3v) is 27.2. The molecule has 1 unspecified atom stereocenters. The fraction of sp³-hybridized carbons (Fsp3) is 0.0833. The van der Waals surface area contributed by atoms with Crippen LogP contribution in [0.15, 0.2) is 265 Å². The fourth-order valence-electron chi connectivity index (χ4n) is 13.5. The predicted molar refractivity (Wildman–Crippen MR) is 326 cm³/mol. The average molecular weight is 993 g/mol. The van der Waals surface area contributed by atoms with E-state index in [2.05, 4.69) is 281 Å². The van der Waals surface area contributed by atoms with Crippen molar-refractivity contribution < 1.29 is 4.42 Å². The highest BCUT2D eigenvalue weighted by atomic mass is 28.3. The summed E-state index contributed by atoms with van der Waals surface area (Å²) in [5.41, 5.74) is 12.3. The third-order valence-electron chi connectivity index (χ3n) is 17.3. The van der Waals surface area contributed by atoms with E-state index in [1.54, 1.807) is 0 Å². The molecular weight excluding hydrogens is 937 g/mol. The number of furan rings is 1. The highest BCUT2D eigenvalue weighted by Crippen LogP contribution is 2.52. The van der Waals surface area contributed by atoms with Gasteiger partial charge in [0.2, 0.25) is 0 Å². The molecule has 0 spiro atoms. The summed E-state index contributed by atoms with van der Waals surface area (Å²) < 4.78 is 7.22. The van der Waals surface area contributed by atoms with Gasteiger partial charge in [-0.15, -0.1) is 0 Å². The topological polar surface area (TPSA) is 13.1 Å². The molecule has 358 valence electrons. The SMILES string of the molecule is CC1(C)c2cc(-c3c4ccccc4c(-c4cc([Si](C)(CC[Si](c5ccccc5)(c5ccccc5)c5ccccc5)c5ccccc5)c5oc6ccccc6c5c4)c4ccccc34)ccc2-c2cc3ccccc3cc21. The first-order valence-electron chi connectivity index (χ1n) is 26.6. The maximum atomic E-state index is 7.22. The Kier molecular flexibility index (Phi) is 10.7. The zero-order valence-electron chi connectivity index (χ0n) is 42.6. The van der Waals surface area contributed by atoms with Crippen LogP contribution in [0.2, 0.25) is 18.6 Å². The Morgan fingerprint density at radius 1 is 0.360 bits per heavy atom. The fourth-order valence-corrected chi connectivity index (χ4v) is 24.1. The van der Waals surface area contributed by atoms with Crippen LogP contribution in [-0.2, 0) is 5.41 Å². The third kappa shape index (κ3) is 7.09. The molecule has 14 rings (SSSR count). The van der Waals surface area contributed by atoms with Gasteiger partial charge < -0.3 is 4.42 Å². The summed E-state index contributed by atoms with van der Waals surface area (Å²) >= 11 is 0. The lowest BCUT2D eigenvalue weighted by molar-refractivity contribution is 0.661. The summed E-state index contributed by atoms with van der Waals surface area (Å²) in [6.45, 7) is 7.44. The van der Waals surface area contributed by atoms with Crippen molar-refractivity contribution in [1.29, 1.82) is 0 Å². The van der Waals surface area contributed by atoms with Crippen molar-refractivity contribution in [2.75, 3.05) is 0 Å². The van der Waals surface area contributed by atoms with Crippen molar-refractivity contribution in [3.8, 4) is 33.4 Å². The quantitative estimate of drug-likeness (QED) is 0.0756. The largest absolute Gasteiger partial charge is 0.456 e. The monoisotopic (exact) mass is 992 g/mol. The Bertz CT molecular complexity index is 4180. The second kappa shape index (κ2) is 17.7. The molecule has 1 atom stereocenters. The van der Waals surface area contributed by atoms with Crippen molar-refractivity contribution in [3.63, 3.8) is 0 Å². The van der Waals surface area contributed by atoms with Gasteiger partial charge in [0.15, 0.2) is 0 Å². The molecule has 1 nitrogen and oxygen atoms in total. The van der Waals surface area contributed by atoms with Crippen LogP contribution in [0.25, 0.3) is 87.6 Å². The maximum absolute atomic E-state index is 7.22. The van der Waals surface area contributed by atoms with E-state index in [0.717, 1.165) is 28.6 Å². The van der Waals surface area contributed by atoms with Crippen molar-refractivity contribution in [1.82, 2.24) is 0 Å². The highest BCUT2D eigenvalue weighted by Gasteiger charge is 2.44. The Balaban J connectivity index is 1.00. The Morgan fingerprint density at radius 2 is 0.813 bits per heavy atom. The molecule has 1 aromatic heterocycles. The number of para-hydroxylation sites is 1. The van der Waals surface area contributed by atoms with Gasteiger partial charge in [-0.05, 0) is 134 Å². The molecule has 0 amide bonds. The lowest BCUT2D eigenvalue weighted by Crippen LogP contribution is -2.68. The molecule has 0 radical (unpaired) electrons. The second-order valence-electron chi connectivity index (χ2n) is 21.7. The summed E-state index contributed by atoms with van der Waals surface area (Å²) in [5.74, 6) is 0. The Labute approximate surface area is 441 Å². The lowest BCUT2D eigenvalue weighted by atomic mass is 9.80. The summed E-state index contributed by atoms with van der Waals surface area (Å²) in [6, 6.07) is 101. The normalized spacial score (nSPS) is 13.9. The van der Waals surface area contributed by atoms with Crippen molar-refractivity contribution in [2.24, 2.45) is 0 Å². The van der Waals surface area contributed by atoms with Crippen LogP contribution in [-0.4, -0.2) is 16.1 Å². The smallest absolute Gasteiger partial charge is 0.148 e. The number of hydrogen-bond donors (Lipinski definition) is 0. The molecular formula is C72H56OSi2. The standard InChI is InChI=1S/C72H56OSi2/c1-72(2)65-47-51(40-41-57(65)63-44-49-24-16-17-25-50(49)46-66(63)72)69-59-35-18-20-37-61(59)70(62-38-21-19-36-60(62)69)52-45-64-58-34-22-23-39-67(58)73-71(64)68(48-52)74(3,53-26-8-4-9-27-53)42-43-75(54-28-10-5-11-29-54,55-30-12-6-13-31-55)56-32-14-7-15-33-56/h4-41,44-48H,42-43H2,1-3H3. The number of rotatable bonds is 10. The first-order chi connectivity index (χ1) is 36.8. The minimum absolute atomic E-state index is 0.157. The van der Waals surface area contributed by atoms with E-state index < -0.39 is 16.1 Å². The minimum Gasteiger partial charge on any atom is -0.456 e. The van der Waals surface area contributed by atoms with Crippen molar-refractivity contribution in [2.45, 2.75) is 37.9 Å². The van der Waals surface area contributed by atoms with Gasteiger partial charge in [0.1, 0.15) is 27.3 Å². The van der Waals surface area contributed by atoms with Gasteiger partial charge in [-0.25, -0.2) is 0 Å². The molecule has 1 aliphatic carbocycles. The zero-order chi connectivity index (χ0) is 50.3. The van der Waals surface area contributed by atoms with E-state index in [-0.39, 0.29) is 5.41 Å². The molecule has 0 saturated carbocycles. The summed E-state index contributed by atoms with van der Waals surface area (Å²) in [6.07, 6.45) is 0. The van der Waals surface area contributed by atoms with Gasteiger partial charge in [0, 0.05) is 16.2 Å². The summed E-state index contributed by atoms with van der Waals surface area (Å²) in [5, 5.41) is 17.0. The van der Waals surface area contributed by atoms with E-state index in [0.29, 0.717) is 0 Å². The summed E-state index contributed by atoms with van der Waals surface area (Å²) in [7, 11) is -5.36. The van der Waals surface area contributed by atoms with Crippen LogP contribution in [0.1, 0.15) is 25.0 Å². The average Bonchev–Trinajstić information content (AvgIpc) is 3.96. The Morgan fingerprint density at radius 3 is 1.37 bits per heavy atom. The van der Waals surface area contributed by atoms with Gasteiger partial charge in [0.05, 0.1) is 0 Å². The first kappa shape index (κ1) is 45.3. The van der Waals surface area contributed by atoms with Crippen LogP contribution >= 0.6 is 0 Å². The second-order valence-corrected chi connectivity index (χ2v) is 30.0. The first-order valence-corrected chi connectivity index (χ1v) is 31.5. The van der Waals surface area contributed by atoms with E-state index in [1.165, 1.54) is 108 Å². The number of hydrogen-bond acceptors (Lipinski definition) is 1. The van der Waals surface area contributed by atoms with Gasteiger partial charge in [-0.1, -0.05) is 262 Å². The van der Waals surface area contributed by atoms with Crippen LogP contribution in [0.5, 0.6) is 0 Å². The van der Waals surface area contributed by atoms with E-state index in [9.17, 15) is 0 Å². The van der Waals surface area contributed by atoms with Crippen LogP contribution in [0.3, 0.4) is 0 Å². The lowest BCUT2D eigenvalue weighted by Gasteiger charge is -2.38. The molecule has 13 aromatic rings. The molecule has 12 aromatic carbocycles. The number of fused-ring (bicyclic) bond motifs is 9. The minimum atomic E-state index is -2.73. The molecule has 0 bridgehead atoms. The maximum Gasteiger partial charge on any atom is 0.148 e. The summed E-state index contributed by atoms with van der Waals surface area (Å²) in [4.78, 5) is 0. The Hall–Kier alpha value is -8.35. The van der Waals surface area contributed by atoms with Crippen LogP contribution in [0, 0.1) is 0 Å². The van der Waals surface area contributed by atoms with Crippen molar-refractivity contribution >= 4 is 96.3 Å². The van der Waals surface area contributed by atoms with E-state index in [1.807, 2.05) is 0 Å². The highest BCUT2D eigenvalue weighted by molar-refractivity contribution is 7.13. The molecule has 3 heteroatoms. The van der Waals surface area contributed by atoms with Crippen molar-refractivity contribution in [3.05, 3.63) is 272 Å². The molecule has 0 N–H and O–H groups in total. The van der Waals surface area contributed by atoms with E-state index >= 15 is 0 Å². The zero-order valence-corrected chi connectivity index (χ0v) is 44.6. The predicted octanol–water partition coefficient (Wildman–Crippen LogP) is 16.0. The molecule has 0 saturated heterocycles.